The van der Waals surface area contributed by atoms with E-state index in [-0.39, 0.29) is 10.8 Å². The summed E-state index contributed by atoms with van der Waals surface area (Å²) in [4.78, 5) is 0. The maximum Gasteiger partial charge on any atom is 0.121 e. The van der Waals surface area contributed by atoms with Crippen molar-refractivity contribution in [2.75, 3.05) is 14.2 Å². The number of aryl methyl sites for hydroxylation is 2. The fourth-order valence-electron chi connectivity index (χ4n) is 5.03. The van der Waals surface area contributed by atoms with Gasteiger partial charge in [-0.3, -0.25) is 0 Å². The molecule has 0 heterocycles. The second kappa shape index (κ2) is 7.81. The Hall–Kier alpha value is -1.96. The quantitative estimate of drug-likeness (QED) is 0.571. The van der Waals surface area contributed by atoms with Crippen molar-refractivity contribution in [3.63, 3.8) is 0 Å². The monoisotopic (exact) mass is 380 g/mol. The minimum absolute atomic E-state index is 0.175. The van der Waals surface area contributed by atoms with Crippen LogP contribution >= 0.6 is 0 Å². The molecule has 152 valence electrons. The highest BCUT2D eigenvalue weighted by Gasteiger charge is 2.39. The predicted octanol–water partition coefficient (Wildman–Crippen LogP) is 6.75. The average molecular weight is 381 g/mol. The molecule has 0 amide bonds. The molecule has 2 aromatic carbocycles. The van der Waals surface area contributed by atoms with Gasteiger partial charge >= 0.3 is 0 Å². The third-order valence-electron chi connectivity index (χ3n) is 7.34. The maximum absolute atomic E-state index is 5.45. The molecule has 0 radical (unpaired) electrons. The Bertz CT molecular complexity index is 826. The SMILES string of the molecule is COc1ccc(C2(C)CCC(C(C)(C)c3ccc(OC)c(C)c3)CC2)cc1C. The van der Waals surface area contributed by atoms with Crippen molar-refractivity contribution in [3.05, 3.63) is 58.7 Å². The molecular formula is C26H36O2. The van der Waals surface area contributed by atoms with Gasteiger partial charge in [0.2, 0.25) is 0 Å². The fraction of sp³-hybridized carbons (Fsp3) is 0.538. The molecule has 3 rings (SSSR count). The first-order valence-corrected chi connectivity index (χ1v) is 10.5. The Kier molecular flexibility index (Phi) is 5.79. The van der Waals surface area contributed by atoms with Crippen molar-refractivity contribution in [3.8, 4) is 11.5 Å². The van der Waals surface area contributed by atoms with Crippen LogP contribution in [0.5, 0.6) is 11.5 Å². The summed E-state index contributed by atoms with van der Waals surface area (Å²) < 4.78 is 10.9. The van der Waals surface area contributed by atoms with E-state index >= 15 is 0 Å². The first-order chi connectivity index (χ1) is 13.2. The van der Waals surface area contributed by atoms with Crippen LogP contribution in [0.1, 0.15) is 68.7 Å². The van der Waals surface area contributed by atoms with Crippen LogP contribution in [0.2, 0.25) is 0 Å². The summed E-state index contributed by atoms with van der Waals surface area (Å²) in [5, 5.41) is 0. The van der Waals surface area contributed by atoms with Gasteiger partial charge in [-0.2, -0.15) is 0 Å². The smallest absolute Gasteiger partial charge is 0.121 e. The number of ether oxygens (including phenoxy) is 2. The largest absolute Gasteiger partial charge is 0.496 e. The van der Waals surface area contributed by atoms with E-state index in [9.17, 15) is 0 Å². The van der Waals surface area contributed by atoms with E-state index in [0.717, 1.165) is 11.5 Å². The van der Waals surface area contributed by atoms with Crippen molar-refractivity contribution in [1.29, 1.82) is 0 Å². The van der Waals surface area contributed by atoms with Crippen LogP contribution in [0.3, 0.4) is 0 Å². The number of hydrogen-bond donors (Lipinski definition) is 0. The molecule has 0 bridgehead atoms. The van der Waals surface area contributed by atoms with Crippen LogP contribution in [0.15, 0.2) is 36.4 Å². The second-order valence-corrected chi connectivity index (χ2v) is 9.43. The van der Waals surface area contributed by atoms with E-state index in [2.05, 4.69) is 71.0 Å². The van der Waals surface area contributed by atoms with Crippen molar-refractivity contribution >= 4 is 0 Å². The lowest BCUT2D eigenvalue weighted by atomic mass is 9.60. The highest BCUT2D eigenvalue weighted by atomic mass is 16.5. The van der Waals surface area contributed by atoms with Crippen LogP contribution in [-0.2, 0) is 10.8 Å². The second-order valence-electron chi connectivity index (χ2n) is 9.43. The number of benzene rings is 2. The minimum Gasteiger partial charge on any atom is -0.496 e. The minimum atomic E-state index is 0.175. The van der Waals surface area contributed by atoms with Gasteiger partial charge in [0.1, 0.15) is 11.5 Å². The van der Waals surface area contributed by atoms with Gasteiger partial charge in [0.15, 0.2) is 0 Å². The molecule has 0 aliphatic heterocycles. The number of methoxy groups -OCH3 is 2. The molecular weight excluding hydrogens is 344 g/mol. The van der Waals surface area contributed by atoms with Gasteiger partial charge in [-0.05, 0) is 90.7 Å². The van der Waals surface area contributed by atoms with E-state index in [1.54, 1.807) is 14.2 Å². The molecule has 1 aliphatic carbocycles. The normalized spacial score (nSPS) is 22.8. The van der Waals surface area contributed by atoms with Crippen LogP contribution < -0.4 is 9.47 Å². The van der Waals surface area contributed by atoms with E-state index in [0.29, 0.717) is 5.92 Å². The molecule has 28 heavy (non-hydrogen) atoms. The molecule has 0 saturated heterocycles. The van der Waals surface area contributed by atoms with E-state index < -0.39 is 0 Å². The van der Waals surface area contributed by atoms with Crippen LogP contribution in [0.4, 0.5) is 0 Å². The van der Waals surface area contributed by atoms with Crippen molar-refractivity contribution in [2.45, 2.75) is 71.1 Å². The number of hydrogen-bond acceptors (Lipinski definition) is 2. The van der Waals surface area contributed by atoms with Gasteiger partial charge in [0, 0.05) is 0 Å². The molecule has 2 aromatic rings. The predicted molar refractivity (Wildman–Crippen MR) is 118 cm³/mol. The molecule has 0 spiro atoms. The molecule has 0 unspecified atom stereocenters. The van der Waals surface area contributed by atoms with Crippen molar-refractivity contribution < 1.29 is 9.47 Å². The third-order valence-corrected chi connectivity index (χ3v) is 7.34. The first kappa shape index (κ1) is 20.8. The van der Waals surface area contributed by atoms with Crippen LogP contribution in [0, 0.1) is 19.8 Å². The lowest BCUT2D eigenvalue weighted by Gasteiger charge is -2.44. The fourth-order valence-corrected chi connectivity index (χ4v) is 5.03. The molecule has 2 heteroatoms. The highest BCUT2D eigenvalue weighted by Crippen LogP contribution is 2.48. The zero-order chi connectivity index (χ0) is 20.5. The van der Waals surface area contributed by atoms with E-state index in [4.69, 9.17) is 9.47 Å². The van der Waals surface area contributed by atoms with Gasteiger partial charge in [-0.1, -0.05) is 45.0 Å². The van der Waals surface area contributed by atoms with Gasteiger partial charge in [0.25, 0.3) is 0 Å². The van der Waals surface area contributed by atoms with Crippen molar-refractivity contribution in [2.24, 2.45) is 5.92 Å². The average Bonchev–Trinajstić information content (AvgIpc) is 2.68. The summed E-state index contributed by atoms with van der Waals surface area (Å²) in [6.07, 6.45) is 5.00. The summed E-state index contributed by atoms with van der Waals surface area (Å²) in [7, 11) is 3.49. The molecule has 1 aliphatic rings. The zero-order valence-corrected chi connectivity index (χ0v) is 18.7. The van der Waals surface area contributed by atoms with Crippen LogP contribution in [-0.4, -0.2) is 14.2 Å². The van der Waals surface area contributed by atoms with Gasteiger partial charge < -0.3 is 9.47 Å². The van der Waals surface area contributed by atoms with Gasteiger partial charge in [-0.25, -0.2) is 0 Å². The lowest BCUT2D eigenvalue weighted by molar-refractivity contribution is 0.178. The van der Waals surface area contributed by atoms with Crippen molar-refractivity contribution in [1.82, 2.24) is 0 Å². The number of rotatable bonds is 5. The Balaban J connectivity index is 1.76. The summed E-state index contributed by atoms with van der Waals surface area (Å²) in [5.41, 5.74) is 5.79. The third kappa shape index (κ3) is 3.79. The Morgan fingerprint density at radius 1 is 0.857 bits per heavy atom. The topological polar surface area (TPSA) is 18.5 Å². The Labute approximate surface area is 171 Å². The highest BCUT2D eigenvalue weighted by molar-refractivity contribution is 5.41. The van der Waals surface area contributed by atoms with E-state index in [1.807, 2.05) is 0 Å². The molecule has 2 nitrogen and oxygen atoms in total. The molecule has 1 fully saturated rings. The first-order valence-electron chi connectivity index (χ1n) is 10.5. The summed E-state index contributed by atoms with van der Waals surface area (Å²) in [6.45, 7) is 11.6. The Morgan fingerprint density at radius 2 is 1.39 bits per heavy atom. The summed E-state index contributed by atoms with van der Waals surface area (Å²) >= 11 is 0. The Morgan fingerprint density at radius 3 is 1.89 bits per heavy atom. The zero-order valence-electron chi connectivity index (χ0n) is 18.7. The molecule has 1 saturated carbocycles. The van der Waals surface area contributed by atoms with Gasteiger partial charge in [0.05, 0.1) is 14.2 Å². The van der Waals surface area contributed by atoms with Gasteiger partial charge in [-0.15, -0.1) is 0 Å². The standard InChI is InChI=1S/C26H36O2/c1-18-16-21(8-10-23(18)27-6)25(3,4)20-12-14-26(5,15-13-20)22-9-11-24(28-7)19(2)17-22/h8-11,16-17,20H,12-15H2,1-7H3. The lowest BCUT2D eigenvalue weighted by Crippen LogP contribution is -2.37. The molecule has 0 atom stereocenters. The summed E-state index contributed by atoms with van der Waals surface area (Å²) in [5.74, 6) is 2.66. The maximum atomic E-state index is 5.45. The molecule has 0 aromatic heterocycles. The van der Waals surface area contributed by atoms with Crippen LogP contribution in [0.25, 0.3) is 0 Å². The van der Waals surface area contributed by atoms with E-state index in [1.165, 1.54) is 47.9 Å². The summed E-state index contributed by atoms with van der Waals surface area (Å²) in [6, 6.07) is 13.4. The molecule has 0 N–H and O–H groups in total.